The molecular weight excluding hydrogens is 373 g/mol. The van der Waals surface area contributed by atoms with Crippen LogP contribution in [0.15, 0.2) is 41.2 Å². The summed E-state index contributed by atoms with van der Waals surface area (Å²) in [7, 11) is 1.49. The lowest BCUT2D eigenvalue weighted by Crippen LogP contribution is -2.24. The lowest BCUT2D eigenvalue weighted by atomic mass is 9.97. The first-order valence-corrected chi connectivity index (χ1v) is 8.57. The molecule has 3 rings (SSSR count). The SMILES string of the molecule is Cc1c(Cc2ccc(Cl)cc2)c(=O)n(C)c2c(F)ccc(OCC(=O)O)c12. The van der Waals surface area contributed by atoms with Crippen molar-refractivity contribution >= 4 is 28.5 Å². The molecule has 1 aromatic heterocycles. The first-order valence-electron chi connectivity index (χ1n) is 8.19. The van der Waals surface area contributed by atoms with Crippen molar-refractivity contribution in [3.63, 3.8) is 0 Å². The van der Waals surface area contributed by atoms with E-state index in [1.165, 1.54) is 17.7 Å². The molecule has 0 radical (unpaired) electrons. The van der Waals surface area contributed by atoms with Crippen molar-refractivity contribution in [1.82, 2.24) is 4.57 Å². The molecule has 5 nitrogen and oxygen atoms in total. The van der Waals surface area contributed by atoms with Crippen molar-refractivity contribution in [2.45, 2.75) is 13.3 Å². The number of benzene rings is 2. The second-order valence-electron chi connectivity index (χ2n) is 6.22. The zero-order valence-electron chi connectivity index (χ0n) is 14.8. The topological polar surface area (TPSA) is 68.5 Å². The van der Waals surface area contributed by atoms with Crippen LogP contribution < -0.4 is 10.3 Å². The van der Waals surface area contributed by atoms with Gasteiger partial charge in [-0.1, -0.05) is 23.7 Å². The maximum absolute atomic E-state index is 14.4. The van der Waals surface area contributed by atoms with Crippen LogP contribution in [0.2, 0.25) is 5.02 Å². The summed E-state index contributed by atoms with van der Waals surface area (Å²) in [6.07, 6.45) is 0.334. The maximum atomic E-state index is 14.4. The molecule has 7 heteroatoms. The zero-order chi connectivity index (χ0) is 19.7. The number of carbonyl (C=O) groups is 1. The molecule has 0 saturated carbocycles. The van der Waals surface area contributed by atoms with E-state index in [1.807, 2.05) is 12.1 Å². The molecule has 3 aromatic rings. The summed E-state index contributed by atoms with van der Waals surface area (Å²) in [5, 5.41) is 9.86. The largest absolute Gasteiger partial charge is 0.481 e. The molecule has 0 bridgehead atoms. The Morgan fingerprint density at radius 2 is 1.89 bits per heavy atom. The molecular formula is C20H17ClFNO4. The summed E-state index contributed by atoms with van der Waals surface area (Å²) in [6.45, 7) is 1.15. The second-order valence-corrected chi connectivity index (χ2v) is 6.66. The van der Waals surface area contributed by atoms with Crippen molar-refractivity contribution in [1.29, 1.82) is 0 Å². The second kappa shape index (κ2) is 7.40. The van der Waals surface area contributed by atoms with E-state index in [1.54, 1.807) is 19.1 Å². The van der Waals surface area contributed by atoms with Gasteiger partial charge in [0.25, 0.3) is 5.56 Å². The van der Waals surface area contributed by atoms with Gasteiger partial charge in [0.05, 0.1) is 5.52 Å². The predicted molar refractivity (Wildman–Crippen MR) is 101 cm³/mol. The number of carboxylic acid groups (broad SMARTS) is 1. The van der Waals surface area contributed by atoms with Crippen molar-refractivity contribution < 1.29 is 19.0 Å². The molecule has 0 fully saturated rings. The molecule has 1 N–H and O–H groups in total. The van der Waals surface area contributed by atoms with E-state index in [4.69, 9.17) is 21.4 Å². The third-order valence-electron chi connectivity index (χ3n) is 4.46. The number of aryl methyl sites for hydroxylation is 2. The van der Waals surface area contributed by atoms with Crippen LogP contribution in [0.25, 0.3) is 10.9 Å². The van der Waals surface area contributed by atoms with Gasteiger partial charge in [-0.15, -0.1) is 0 Å². The molecule has 0 unspecified atom stereocenters. The molecule has 27 heavy (non-hydrogen) atoms. The number of ether oxygens (including phenoxy) is 1. The third kappa shape index (κ3) is 3.66. The predicted octanol–water partition coefficient (Wildman–Crippen LogP) is 3.69. The summed E-state index contributed by atoms with van der Waals surface area (Å²) >= 11 is 5.91. The Hall–Kier alpha value is -2.86. The maximum Gasteiger partial charge on any atom is 0.341 e. The van der Waals surface area contributed by atoms with Crippen LogP contribution in [-0.2, 0) is 18.3 Å². The Balaban J connectivity index is 2.22. The zero-order valence-corrected chi connectivity index (χ0v) is 15.5. The normalized spacial score (nSPS) is 11.0. The van der Waals surface area contributed by atoms with Gasteiger partial charge in [0, 0.05) is 29.4 Å². The molecule has 0 aliphatic carbocycles. The molecule has 1 heterocycles. The standard InChI is InChI=1S/C20H17ClFNO4/c1-11-14(9-12-3-5-13(21)6-4-12)20(26)23(2)19-15(22)7-8-16(18(11)19)27-10-17(24)25/h3-8H,9-10H2,1-2H3,(H,24,25). The van der Waals surface area contributed by atoms with Crippen LogP contribution in [0.3, 0.4) is 0 Å². The Kier molecular flexibility index (Phi) is 5.19. The Morgan fingerprint density at radius 3 is 2.52 bits per heavy atom. The summed E-state index contributed by atoms with van der Waals surface area (Å²) in [5.41, 5.74) is 1.69. The van der Waals surface area contributed by atoms with Gasteiger partial charge in [0.15, 0.2) is 6.61 Å². The molecule has 2 aromatic carbocycles. The van der Waals surface area contributed by atoms with Crippen LogP contribution in [0.4, 0.5) is 4.39 Å². The molecule has 0 atom stereocenters. The van der Waals surface area contributed by atoms with E-state index < -0.39 is 18.4 Å². The number of hydrogen-bond donors (Lipinski definition) is 1. The van der Waals surface area contributed by atoms with Gasteiger partial charge in [-0.3, -0.25) is 4.79 Å². The fourth-order valence-corrected chi connectivity index (χ4v) is 3.25. The molecule has 0 amide bonds. The molecule has 0 spiro atoms. The average Bonchev–Trinajstić information content (AvgIpc) is 2.63. The number of carboxylic acids is 1. The van der Waals surface area contributed by atoms with E-state index in [2.05, 4.69) is 0 Å². The monoisotopic (exact) mass is 389 g/mol. The number of pyridine rings is 1. The van der Waals surface area contributed by atoms with Crippen molar-refractivity contribution in [2.24, 2.45) is 7.05 Å². The minimum Gasteiger partial charge on any atom is -0.481 e. The third-order valence-corrected chi connectivity index (χ3v) is 4.71. The molecule has 0 aliphatic heterocycles. The van der Waals surface area contributed by atoms with E-state index in [-0.39, 0.29) is 16.8 Å². The first-order chi connectivity index (χ1) is 12.8. The first kappa shape index (κ1) is 18.9. The highest BCUT2D eigenvalue weighted by Gasteiger charge is 2.19. The van der Waals surface area contributed by atoms with Gasteiger partial charge in [-0.2, -0.15) is 0 Å². The van der Waals surface area contributed by atoms with E-state index >= 15 is 0 Å². The number of rotatable bonds is 5. The summed E-state index contributed by atoms with van der Waals surface area (Å²) in [5.74, 6) is -1.50. The number of fused-ring (bicyclic) bond motifs is 1. The van der Waals surface area contributed by atoms with Crippen molar-refractivity contribution in [3.8, 4) is 5.75 Å². The summed E-state index contributed by atoms with van der Waals surface area (Å²) < 4.78 is 21.0. The highest BCUT2D eigenvalue weighted by atomic mass is 35.5. The van der Waals surface area contributed by atoms with Gasteiger partial charge in [0.2, 0.25) is 0 Å². The Labute approximate surface area is 159 Å². The number of nitrogens with zero attached hydrogens (tertiary/aromatic N) is 1. The highest BCUT2D eigenvalue weighted by molar-refractivity contribution is 6.30. The molecule has 140 valence electrons. The van der Waals surface area contributed by atoms with Crippen LogP contribution >= 0.6 is 11.6 Å². The lowest BCUT2D eigenvalue weighted by molar-refractivity contribution is -0.139. The van der Waals surface area contributed by atoms with E-state index in [0.29, 0.717) is 28.0 Å². The fourth-order valence-electron chi connectivity index (χ4n) is 3.13. The fraction of sp³-hybridized carbons (Fsp3) is 0.200. The lowest BCUT2D eigenvalue weighted by Gasteiger charge is -2.17. The van der Waals surface area contributed by atoms with Crippen LogP contribution in [0.1, 0.15) is 16.7 Å². The number of aliphatic carboxylic acids is 1. The van der Waals surface area contributed by atoms with Crippen molar-refractivity contribution in [2.75, 3.05) is 6.61 Å². The summed E-state index contributed by atoms with van der Waals surface area (Å²) in [6, 6.07) is 9.65. The molecule has 0 aliphatic rings. The van der Waals surface area contributed by atoms with Gasteiger partial charge < -0.3 is 14.4 Å². The minimum absolute atomic E-state index is 0.0836. The van der Waals surface area contributed by atoms with E-state index in [0.717, 1.165) is 11.6 Å². The Bertz CT molecular complexity index is 1090. The minimum atomic E-state index is -1.14. The van der Waals surface area contributed by atoms with Gasteiger partial charge >= 0.3 is 5.97 Å². The number of halogens is 2. The average molecular weight is 390 g/mol. The van der Waals surface area contributed by atoms with Crippen molar-refractivity contribution in [3.05, 3.63) is 74.3 Å². The number of hydrogen-bond acceptors (Lipinski definition) is 3. The van der Waals surface area contributed by atoms with Gasteiger partial charge in [-0.25, -0.2) is 9.18 Å². The van der Waals surface area contributed by atoms with Crippen LogP contribution in [0, 0.1) is 12.7 Å². The van der Waals surface area contributed by atoms with Crippen LogP contribution in [-0.4, -0.2) is 22.2 Å². The number of aromatic nitrogens is 1. The van der Waals surface area contributed by atoms with E-state index in [9.17, 15) is 14.0 Å². The highest BCUT2D eigenvalue weighted by Crippen LogP contribution is 2.31. The van der Waals surface area contributed by atoms with Gasteiger partial charge in [0.1, 0.15) is 11.6 Å². The van der Waals surface area contributed by atoms with Crippen LogP contribution in [0.5, 0.6) is 5.75 Å². The molecule has 0 saturated heterocycles. The quantitative estimate of drug-likeness (QED) is 0.722. The summed E-state index contributed by atoms with van der Waals surface area (Å²) in [4.78, 5) is 23.7. The van der Waals surface area contributed by atoms with Gasteiger partial charge in [-0.05, 0) is 42.3 Å². The smallest absolute Gasteiger partial charge is 0.341 e. The Morgan fingerprint density at radius 1 is 1.22 bits per heavy atom.